The fraction of sp³-hybridized carbons (Fsp3) is 0.320. The maximum atomic E-state index is 13.6. The van der Waals surface area contributed by atoms with Crippen LogP contribution in [0, 0.1) is 0 Å². The van der Waals surface area contributed by atoms with Crippen molar-refractivity contribution in [2.75, 3.05) is 18.1 Å². The fourth-order valence-corrected chi connectivity index (χ4v) is 4.53. The minimum Gasteiger partial charge on any atom is -0.492 e. The van der Waals surface area contributed by atoms with Crippen molar-refractivity contribution in [3.8, 4) is 11.5 Å². The SMILES string of the molecule is CCOc1cccc2sc(N(CCCn3ccnc3)C(=O)c3ccc(OC(C)C)cc3)nc12. The summed E-state index contributed by atoms with van der Waals surface area (Å²) in [6.45, 7) is 7.76. The molecule has 8 heteroatoms. The molecule has 0 aliphatic carbocycles. The van der Waals surface area contributed by atoms with Gasteiger partial charge in [0.15, 0.2) is 5.13 Å². The number of thiazole rings is 1. The van der Waals surface area contributed by atoms with Crippen molar-refractivity contribution in [1.29, 1.82) is 0 Å². The van der Waals surface area contributed by atoms with Crippen molar-refractivity contribution in [2.45, 2.75) is 39.8 Å². The summed E-state index contributed by atoms with van der Waals surface area (Å²) >= 11 is 1.50. The summed E-state index contributed by atoms with van der Waals surface area (Å²) in [4.78, 5) is 24.2. The zero-order valence-electron chi connectivity index (χ0n) is 19.1. The number of aryl methyl sites for hydroxylation is 1. The van der Waals surface area contributed by atoms with Crippen molar-refractivity contribution < 1.29 is 14.3 Å². The quantitative estimate of drug-likeness (QED) is 0.314. The molecule has 0 aliphatic rings. The van der Waals surface area contributed by atoms with Crippen molar-refractivity contribution in [2.24, 2.45) is 0 Å². The average Bonchev–Trinajstić information content (AvgIpc) is 3.47. The largest absolute Gasteiger partial charge is 0.492 e. The third-order valence-corrected chi connectivity index (χ3v) is 6.02. The topological polar surface area (TPSA) is 69.5 Å². The van der Waals surface area contributed by atoms with Gasteiger partial charge in [0.1, 0.15) is 17.0 Å². The number of hydrogen-bond donors (Lipinski definition) is 0. The van der Waals surface area contributed by atoms with Crippen LogP contribution in [-0.4, -0.2) is 39.7 Å². The second-order valence-corrected chi connectivity index (χ2v) is 8.84. The van der Waals surface area contributed by atoms with Gasteiger partial charge in [0, 0.05) is 31.0 Å². The molecule has 172 valence electrons. The molecule has 0 aliphatic heterocycles. The summed E-state index contributed by atoms with van der Waals surface area (Å²) in [5.74, 6) is 1.39. The van der Waals surface area contributed by atoms with E-state index < -0.39 is 0 Å². The van der Waals surface area contributed by atoms with Crippen LogP contribution >= 0.6 is 11.3 Å². The van der Waals surface area contributed by atoms with Gasteiger partial charge in [0.25, 0.3) is 5.91 Å². The molecule has 0 saturated heterocycles. The highest BCUT2D eigenvalue weighted by Gasteiger charge is 2.22. The lowest BCUT2D eigenvalue weighted by molar-refractivity contribution is 0.0986. The Hall–Kier alpha value is -3.39. The zero-order chi connectivity index (χ0) is 23.2. The number of benzene rings is 2. The van der Waals surface area contributed by atoms with E-state index in [1.807, 2.05) is 74.0 Å². The van der Waals surface area contributed by atoms with Crippen molar-refractivity contribution in [3.63, 3.8) is 0 Å². The molecule has 0 bridgehead atoms. The number of carbonyl (C=O) groups excluding carboxylic acids is 1. The van der Waals surface area contributed by atoms with Gasteiger partial charge in [-0.15, -0.1) is 0 Å². The van der Waals surface area contributed by atoms with Gasteiger partial charge in [-0.3, -0.25) is 9.69 Å². The highest BCUT2D eigenvalue weighted by molar-refractivity contribution is 7.22. The number of aromatic nitrogens is 3. The molecule has 33 heavy (non-hydrogen) atoms. The van der Waals surface area contributed by atoms with Crippen LogP contribution in [0.2, 0.25) is 0 Å². The van der Waals surface area contributed by atoms with Gasteiger partial charge >= 0.3 is 0 Å². The molecule has 0 atom stereocenters. The first-order chi connectivity index (χ1) is 16.0. The van der Waals surface area contributed by atoms with E-state index in [2.05, 4.69) is 4.98 Å². The number of para-hydroxylation sites is 1. The standard InChI is InChI=1S/C25H28N4O3S/c1-4-31-21-7-5-8-22-23(21)27-25(33-22)29(15-6-14-28-16-13-26-17-28)24(30)19-9-11-20(12-10-19)32-18(2)3/h5,7-13,16-18H,4,6,14-15H2,1-3H3. The van der Waals surface area contributed by atoms with Crippen LogP contribution in [0.5, 0.6) is 11.5 Å². The molecule has 2 aromatic carbocycles. The first kappa shape index (κ1) is 22.8. The number of anilines is 1. The lowest BCUT2D eigenvalue weighted by Gasteiger charge is -2.20. The van der Waals surface area contributed by atoms with E-state index in [1.54, 1.807) is 17.4 Å². The summed E-state index contributed by atoms with van der Waals surface area (Å²) in [6.07, 6.45) is 6.31. The molecule has 2 aromatic heterocycles. The molecular weight excluding hydrogens is 436 g/mol. The van der Waals surface area contributed by atoms with Gasteiger partial charge < -0.3 is 14.0 Å². The number of ether oxygens (including phenoxy) is 2. The Labute approximate surface area is 197 Å². The molecule has 1 amide bonds. The highest BCUT2D eigenvalue weighted by Crippen LogP contribution is 2.35. The summed E-state index contributed by atoms with van der Waals surface area (Å²) in [6, 6.07) is 13.2. The second kappa shape index (κ2) is 10.5. The zero-order valence-corrected chi connectivity index (χ0v) is 19.9. The monoisotopic (exact) mass is 464 g/mol. The van der Waals surface area contributed by atoms with Crippen molar-refractivity contribution in [1.82, 2.24) is 14.5 Å². The minimum absolute atomic E-state index is 0.0773. The van der Waals surface area contributed by atoms with Crippen LogP contribution < -0.4 is 14.4 Å². The number of amides is 1. The van der Waals surface area contributed by atoms with E-state index in [1.165, 1.54) is 11.3 Å². The van der Waals surface area contributed by atoms with E-state index in [0.29, 0.717) is 23.8 Å². The Bertz CT molecular complexity index is 1190. The van der Waals surface area contributed by atoms with Crippen LogP contribution in [0.25, 0.3) is 10.2 Å². The minimum atomic E-state index is -0.0891. The molecule has 0 spiro atoms. The molecule has 4 rings (SSSR count). The number of rotatable bonds is 10. The molecule has 0 unspecified atom stereocenters. The second-order valence-electron chi connectivity index (χ2n) is 7.83. The number of hydrogen-bond acceptors (Lipinski definition) is 6. The number of carbonyl (C=O) groups is 1. The molecule has 7 nitrogen and oxygen atoms in total. The Morgan fingerprint density at radius 1 is 1.18 bits per heavy atom. The third kappa shape index (κ3) is 5.51. The van der Waals surface area contributed by atoms with E-state index >= 15 is 0 Å². The maximum absolute atomic E-state index is 13.6. The van der Waals surface area contributed by atoms with Crippen LogP contribution in [0.3, 0.4) is 0 Å². The van der Waals surface area contributed by atoms with Gasteiger partial charge in [-0.25, -0.2) is 9.97 Å². The predicted molar refractivity (Wildman–Crippen MR) is 132 cm³/mol. The lowest BCUT2D eigenvalue weighted by atomic mass is 10.2. The molecule has 0 saturated carbocycles. The van der Waals surface area contributed by atoms with Crippen LogP contribution in [-0.2, 0) is 6.54 Å². The normalized spacial score (nSPS) is 11.2. The lowest BCUT2D eigenvalue weighted by Crippen LogP contribution is -2.32. The van der Waals surface area contributed by atoms with Crippen LogP contribution in [0.1, 0.15) is 37.6 Å². The van der Waals surface area contributed by atoms with Gasteiger partial charge in [-0.1, -0.05) is 17.4 Å². The average molecular weight is 465 g/mol. The summed E-state index contributed by atoms with van der Waals surface area (Å²) < 4.78 is 14.5. The van der Waals surface area contributed by atoms with E-state index in [4.69, 9.17) is 14.5 Å². The Morgan fingerprint density at radius 2 is 2.00 bits per heavy atom. The molecule has 2 heterocycles. The van der Waals surface area contributed by atoms with E-state index in [9.17, 15) is 4.79 Å². The van der Waals surface area contributed by atoms with E-state index in [-0.39, 0.29) is 12.0 Å². The number of imidazole rings is 1. The summed E-state index contributed by atoms with van der Waals surface area (Å²) in [5.41, 5.74) is 1.38. The summed E-state index contributed by atoms with van der Waals surface area (Å²) in [5, 5.41) is 0.662. The molecule has 0 N–H and O–H groups in total. The predicted octanol–water partition coefficient (Wildman–Crippen LogP) is 5.42. The summed E-state index contributed by atoms with van der Waals surface area (Å²) in [7, 11) is 0. The first-order valence-electron chi connectivity index (χ1n) is 11.1. The van der Waals surface area contributed by atoms with Gasteiger partial charge in [-0.05, 0) is 63.6 Å². The molecule has 0 radical (unpaired) electrons. The number of fused-ring (bicyclic) bond motifs is 1. The Kier molecular flexibility index (Phi) is 7.24. The highest BCUT2D eigenvalue weighted by atomic mass is 32.1. The Morgan fingerprint density at radius 3 is 2.70 bits per heavy atom. The Balaban J connectivity index is 1.62. The van der Waals surface area contributed by atoms with E-state index in [0.717, 1.165) is 34.7 Å². The number of nitrogens with zero attached hydrogens (tertiary/aromatic N) is 4. The van der Waals surface area contributed by atoms with Gasteiger partial charge in [0.2, 0.25) is 0 Å². The van der Waals surface area contributed by atoms with Crippen molar-refractivity contribution >= 4 is 32.6 Å². The fourth-order valence-electron chi connectivity index (χ4n) is 3.52. The molecule has 4 aromatic rings. The van der Waals surface area contributed by atoms with Gasteiger partial charge in [0.05, 0.1) is 23.7 Å². The maximum Gasteiger partial charge on any atom is 0.260 e. The molecule has 0 fully saturated rings. The first-order valence-corrected chi connectivity index (χ1v) is 11.9. The van der Waals surface area contributed by atoms with Crippen LogP contribution in [0.15, 0.2) is 61.2 Å². The van der Waals surface area contributed by atoms with Crippen LogP contribution in [0.4, 0.5) is 5.13 Å². The van der Waals surface area contributed by atoms with Crippen molar-refractivity contribution in [3.05, 3.63) is 66.7 Å². The molecular formula is C25H28N4O3S. The smallest absolute Gasteiger partial charge is 0.260 e. The van der Waals surface area contributed by atoms with Gasteiger partial charge in [-0.2, -0.15) is 0 Å². The third-order valence-electron chi connectivity index (χ3n) is 4.98.